The molecule has 1 unspecified atom stereocenters. The summed E-state index contributed by atoms with van der Waals surface area (Å²) in [5, 5.41) is 3.52. The first-order chi connectivity index (χ1) is 7.77. The molecule has 0 aliphatic carbocycles. The fourth-order valence-electron chi connectivity index (χ4n) is 2.23. The third kappa shape index (κ3) is 2.98. The lowest BCUT2D eigenvalue weighted by atomic mass is 10.0. The number of likely N-dealkylation sites (tertiary alicyclic amines) is 1. The Hall–Kier alpha value is -0.540. The number of likely N-dealkylation sites (N-methyl/N-ethyl adjacent to an activating group) is 1. The topological polar surface area (TPSA) is 15.3 Å². The van der Waals surface area contributed by atoms with Crippen molar-refractivity contribution >= 4 is 21.6 Å². The fourth-order valence-corrected chi connectivity index (χ4v) is 2.66. The van der Waals surface area contributed by atoms with Crippen molar-refractivity contribution in [2.75, 3.05) is 25.5 Å². The summed E-state index contributed by atoms with van der Waals surface area (Å²) in [6.45, 7) is 2.28. The van der Waals surface area contributed by atoms with Gasteiger partial charge in [-0.15, -0.1) is 0 Å². The van der Waals surface area contributed by atoms with Crippen molar-refractivity contribution < 1.29 is 0 Å². The van der Waals surface area contributed by atoms with Crippen LogP contribution in [0.4, 0.5) is 5.69 Å². The minimum atomic E-state index is 0.681. The van der Waals surface area contributed by atoms with E-state index in [0.29, 0.717) is 6.04 Å². The molecule has 0 bridgehead atoms. The van der Waals surface area contributed by atoms with Crippen molar-refractivity contribution in [2.45, 2.75) is 25.3 Å². The molecule has 0 amide bonds. The van der Waals surface area contributed by atoms with Gasteiger partial charge in [0.25, 0.3) is 0 Å². The van der Waals surface area contributed by atoms with Gasteiger partial charge in [-0.1, -0.05) is 18.6 Å². The smallest absolute Gasteiger partial charge is 0.0485 e. The summed E-state index contributed by atoms with van der Waals surface area (Å²) < 4.78 is 1.15. The van der Waals surface area contributed by atoms with Gasteiger partial charge in [0.2, 0.25) is 0 Å². The lowest BCUT2D eigenvalue weighted by Crippen LogP contribution is -2.40. The number of nitrogens with one attached hydrogen (secondary N) is 1. The highest BCUT2D eigenvalue weighted by Crippen LogP contribution is 2.22. The quantitative estimate of drug-likeness (QED) is 0.915. The minimum Gasteiger partial charge on any atom is -0.383 e. The fraction of sp³-hybridized carbons (Fsp3) is 0.538. The molecule has 1 saturated heterocycles. The average molecular weight is 283 g/mol. The van der Waals surface area contributed by atoms with Crippen molar-refractivity contribution in [2.24, 2.45) is 0 Å². The molecule has 1 aromatic rings. The van der Waals surface area contributed by atoms with Crippen molar-refractivity contribution in [3.05, 3.63) is 28.7 Å². The highest BCUT2D eigenvalue weighted by Gasteiger charge is 2.18. The van der Waals surface area contributed by atoms with Crippen LogP contribution in [0, 0.1) is 0 Å². The Labute approximate surface area is 106 Å². The number of halogens is 1. The Morgan fingerprint density at radius 3 is 2.94 bits per heavy atom. The molecule has 88 valence electrons. The number of piperidine rings is 1. The molecule has 1 aromatic carbocycles. The molecular weight excluding hydrogens is 264 g/mol. The molecule has 1 fully saturated rings. The van der Waals surface area contributed by atoms with E-state index >= 15 is 0 Å². The van der Waals surface area contributed by atoms with Crippen molar-refractivity contribution in [3.8, 4) is 0 Å². The van der Waals surface area contributed by atoms with Crippen molar-refractivity contribution in [3.63, 3.8) is 0 Å². The number of anilines is 1. The SMILES string of the molecule is CN1CCCCC1CNc1ccccc1Br. The Morgan fingerprint density at radius 1 is 1.38 bits per heavy atom. The molecule has 3 heteroatoms. The molecule has 1 aliphatic rings. The van der Waals surface area contributed by atoms with Crippen LogP contribution in [0.3, 0.4) is 0 Å². The second kappa shape index (κ2) is 5.69. The molecule has 0 aromatic heterocycles. The van der Waals surface area contributed by atoms with Gasteiger partial charge in [0.15, 0.2) is 0 Å². The summed E-state index contributed by atoms with van der Waals surface area (Å²) in [7, 11) is 2.23. The van der Waals surface area contributed by atoms with E-state index in [-0.39, 0.29) is 0 Å². The zero-order valence-electron chi connectivity index (χ0n) is 9.75. The van der Waals surface area contributed by atoms with Crippen LogP contribution in [0.15, 0.2) is 28.7 Å². The third-order valence-corrected chi connectivity index (χ3v) is 4.02. The summed E-state index contributed by atoms with van der Waals surface area (Å²) in [6, 6.07) is 8.99. The van der Waals surface area contributed by atoms with Crippen molar-refractivity contribution in [1.29, 1.82) is 0 Å². The van der Waals surface area contributed by atoms with E-state index in [1.54, 1.807) is 0 Å². The Bertz CT molecular complexity index is 340. The summed E-state index contributed by atoms with van der Waals surface area (Å²) in [4.78, 5) is 2.47. The zero-order valence-corrected chi connectivity index (χ0v) is 11.3. The maximum absolute atomic E-state index is 3.56. The Morgan fingerprint density at radius 2 is 2.19 bits per heavy atom. The van der Waals surface area contributed by atoms with E-state index in [1.165, 1.54) is 31.5 Å². The summed E-state index contributed by atoms with van der Waals surface area (Å²) in [6.07, 6.45) is 4.03. The van der Waals surface area contributed by atoms with Crippen molar-refractivity contribution in [1.82, 2.24) is 4.90 Å². The first kappa shape index (κ1) is 11.9. The first-order valence-electron chi connectivity index (χ1n) is 5.96. The molecule has 1 N–H and O–H groups in total. The van der Waals surface area contributed by atoms with Gasteiger partial charge in [0, 0.05) is 22.7 Å². The van der Waals surface area contributed by atoms with E-state index in [0.717, 1.165) is 11.0 Å². The lowest BCUT2D eigenvalue weighted by Gasteiger charge is -2.32. The Kier molecular flexibility index (Phi) is 4.24. The number of hydrogen-bond donors (Lipinski definition) is 1. The maximum Gasteiger partial charge on any atom is 0.0485 e. The average Bonchev–Trinajstić information content (AvgIpc) is 2.30. The number of nitrogens with zero attached hydrogens (tertiary/aromatic N) is 1. The maximum atomic E-state index is 3.56. The van der Waals surface area contributed by atoms with Gasteiger partial charge in [-0.3, -0.25) is 0 Å². The molecular formula is C13H19BrN2. The standard InChI is InChI=1S/C13H19BrN2/c1-16-9-5-4-6-11(16)10-15-13-8-3-2-7-12(13)14/h2-3,7-8,11,15H,4-6,9-10H2,1H3. The molecule has 1 heterocycles. The lowest BCUT2D eigenvalue weighted by molar-refractivity contribution is 0.194. The van der Waals surface area contributed by atoms with Crippen LogP contribution < -0.4 is 5.32 Å². The number of para-hydroxylation sites is 1. The van der Waals surface area contributed by atoms with Gasteiger partial charge in [-0.25, -0.2) is 0 Å². The van der Waals surface area contributed by atoms with Gasteiger partial charge in [0.05, 0.1) is 0 Å². The summed E-state index contributed by atoms with van der Waals surface area (Å²) >= 11 is 3.56. The van der Waals surface area contributed by atoms with Crippen LogP contribution >= 0.6 is 15.9 Å². The van der Waals surface area contributed by atoms with E-state index in [9.17, 15) is 0 Å². The molecule has 0 spiro atoms. The number of hydrogen-bond acceptors (Lipinski definition) is 2. The van der Waals surface area contributed by atoms with Crippen LogP contribution in [0.5, 0.6) is 0 Å². The predicted molar refractivity (Wildman–Crippen MR) is 72.9 cm³/mol. The number of benzene rings is 1. The van der Waals surface area contributed by atoms with Crippen LogP contribution in [-0.4, -0.2) is 31.1 Å². The summed E-state index contributed by atoms with van der Waals surface area (Å²) in [5.74, 6) is 0. The largest absolute Gasteiger partial charge is 0.383 e. The van der Waals surface area contributed by atoms with E-state index in [1.807, 2.05) is 6.07 Å². The van der Waals surface area contributed by atoms with Gasteiger partial charge in [-0.05, 0) is 54.5 Å². The van der Waals surface area contributed by atoms with Gasteiger partial charge in [-0.2, -0.15) is 0 Å². The predicted octanol–water partition coefficient (Wildman–Crippen LogP) is 3.35. The van der Waals surface area contributed by atoms with Crippen LogP contribution in [-0.2, 0) is 0 Å². The minimum absolute atomic E-state index is 0.681. The third-order valence-electron chi connectivity index (χ3n) is 3.32. The Balaban J connectivity index is 1.89. The van der Waals surface area contributed by atoms with Gasteiger partial charge < -0.3 is 10.2 Å². The van der Waals surface area contributed by atoms with E-state index in [2.05, 4.69) is 51.4 Å². The molecule has 16 heavy (non-hydrogen) atoms. The van der Waals surface area contributed by atoms with Crippen LogP contribution in [0.2, 0.25) is 0 Å². The first-order valence-corrected chi connectivity index (χ1v) is 6.75. The number of rotatable bonds is 3. The molecule has 0 saturated carbocycles. The highest BCUT2D eigenvalue weighted by atomic mass is 79.9. The van der Waals surface area contributed by atoms with Crippen LogP contribution in [0.25, 0.3) is 0 Å². The molecule has 1 aliphatic heterocycles. The molecule has 1 atom stereocenters. The second-order valence-electron chi connectivity index (χ2n) is 4.49. The van der Waals surface area contributed by atoms with E-state index < -0.39 is 0 Å². The van der Waals surface area contributed by atoms with Gasteiger partial charge in [0.1, 0.15) is 0 Å². The monoisotopic (exact) mass is 282 g/mol. The molecule has 2 nitrogen and oxygen atoms in total. The van der Waals surface area contributed by atoms with E-state index in [4.69, 9.17) is 0 Å². The summed E-state index contributed by atoms with van der Waals surface area (Å²) in [5.41, 5.74) is 1.20. The van der Waals surface area contributed by atoms with Crippen LogP contribution in [0.1, 0.15) is 19.3 Å². The second-order valence-corrected chi connectivity index (χ2v) is 5.35. The van der Waals surface area contributed by atoms with Gasteiger partial charge >= 0.3 is 0 Å². The highest BCUT2D eigenvalue weighted by molar-refractivity contribution is 9.10. The zero-order chi connectivity index (χ0) is 11.4. The normalized spacial score (nSPS) is 22.0. The molecule has 0 radical (unpaired) electrons. The molecule has 2 rings (SSSR count).